The number of rotatable bonds is 2. The van der Waals surface area contributed by atoms with Crippen LogP contribution in [0.25, 0.3) is 0 Å². The molecule has 0 aromatic heterocycles. The van der Waals surface area contributed by atoms with Crippen molar-refractivity contribution < 1.29 is 41.8 Å². The molecule has 27 heavy (non-hydrogen) atoms. The van der Waals surface area contributed by atoms with Crippen molar-refractivity contribution in [3.63, 3.8) is 0 Å². The van der Waals surface area contributed by atoms with E-state index in [2.05, 4.69) is 9.47 Å². The first-order valence-corrected chi connectivity index (χ1v) is 7.54. The van der Waals surface area contributed by atoms with E-state index >= 15 is 0 Å². The summed E-state index contributed by atoms with van der Waals surface area (Å²) in [5.74, 6) is -6.10. The SMILES string of the molecule is O=C1OC(=O)c2cc(C(c3ccc4c(c3)C(=O)OC4=O)C(F)(F)F)ccc21. The number of fused-ring (bicyclic) bond motifs is 2. The molecule has 9 heteroatoms. The van der Waals surface area contributed by atoms with Crippen molar-refractivity contribution >= 4 is 23.9 Å². The fourth-order valence-corrected chi connectivity index (χ4v) is 3.14. The largest absolute Gasteiger partial charge is 0.399 e. The van der Waals surface area contributed by atoms with Gasteiger partial charge in [-0.1, -0.05) is 12.1 Å². The van der Waals surface area contributed by atoms with Gasteiger partial charge in [0, 0.05) is 0 Å². The van der Waals surface area contributed by atoms with Crippen LogP contribution in [0.1, 0.15) is 58.5 Å². The molecule has 0 amide bonds. The zero-order valence-corrected chi connectivity index (χ0v) is 13.1. The molecule has 2 aromatic carbocycles. The minimum Gasteiger partial charge on any atom is -0.386 e. The average molecular weight is 376 g/mol. The van der Waals surface area contributed by atoms with Crippen LogP contribution >= 0.6 is 0 Å². The van der Waals surface area contributed by atoms with Crippen LogP contribution < -0.4 is 0 Å². The Morgan fingerprint density at radius 2 is 1.00 bits per heavy atom. The summed E-state index contributed by atoms with van der Waals surface area (Å²) in [6.07, 6.45) is -4.78. The highest BCUT2D eigenvalue weighted by Gasteiger charge is 2.44. The normalized spacial score (nSPS) is 15.7. The van der Waals surface area contributed by atoms with E-state index in [1.165, 1.54) is 0 Å². The van der Waals surface area contributed by atoms with Crippen LogP contribution in [-0.4, -0.2) is 30.1 Å². The maximum atomic E-state index is 13.8. The van der Waals surface area contributed by atoms with Crippen molar-refractivity contribution in [1.82, 2.24) is 0 Å². The van der Waals surface area contributed by atoms with Crippen molar-refractivity contribution in [2.75, 3.05) is 0 Å². The van der Waals surface area contributed by atoms with E-state index < -0.39 is 36.0 Å². The topological polar surface area (TPSA) is 86.7 Å². The molecule has 0 unspecified atom stereocenters. The van der Waals surface area contributed by atoms with Crippen molar-refractivity contribution in [2.24, 2.45) is 0 Å². The number of esters is 4. The van der Waals surface area contributed by atoms with Crippen LogP contribution in [0.3, 0.4) is 0 Å². The smallest absolute Gasteiger partial charge is 0.386 e. The van der Waals surface area contributed by atoms with Gasteiger partial charge in [0.05, 0.1) is 22.3 Å². The van der Waals surface area contributed by atoms with E-state index in [0.717, 1.165) is 36.4 Å². The second kappa shape index (κ2) is 5.50. The molecule has 0 radical (unpaired) electrons. The van der Waals surface area contributed by atoms with Crippen LogP contribution in [0.2, 0.25) is 0 Å². The number of hydrogen-bond acceptors (Lipinski definition) is 6. The first kappa shape index (κ1) is 17.0. The Labute approximate surface area is 148 Å². The quantitative estimate of drug-likeness (QED) is 0.592. The predicted molar refractivity (Wildman–Crippen MR) is 80.3 cm³/mol. The van der Waals surface area contributed by atoms with E-state index in [9.17, 15) is 32.3 Å². The fourth-order valence-electron chi connectivity index (χ4n) is 3.14. The first-order chi connectivity index (χ1) is 12.7. The van der Waals surface area contributed by atoms with Gasteiger partial charge in [0.15, 0.2) is 0 Å². The number of carbonyl (C=O) groups excluding carboxylic acids is 4. The minimum atomic E-state index is -4.78. The second-order valence-corrected chi connectivity index (χ2v) is 5.94. The second-order valence-electron chi connectivity index (χ2n) is 5.94. The summed E-state index contributed by atoms with van der Waals surface area (Å²) in [5, 5.41) is 0. The number of hydrogen-bond donors (Lipinski definition) is 0. The van der Waals surface area contributed by atoms with E-state index in [0.29, 0.717) is 0 Å². The maximum absolute atomic E-state index is 13.8. The van der Waals surface area contributed by atoms with Crippen LogP contribution in [-0.2, 0) is 9.47 Å². The number of ether oxygens (including phenoxy) is 2. The molecule has 0 atom stereocenters. The Morgan fingerprint density at radius 3 is 1.37 bits per heavy atom. The lowest BCUT2D eigenvalue weighted by Crippen LogP contribution is -2.22. The lowest BCUT2D eigenvalue weighted by molar-refractivity contribution is -0.141. The highest BCUT2D eigenvalue weighted by Crippen LogP contribution is 2.42. The van der Waals surface area contributed by atoms with Gasteiger partial charge in [-0.2, -0.15) is 13.2 Å². The standard InChI is InChI=1S/C18H7F3O6/c19-18(20,21)13(7-1-3-9-11(5-7)16(24)26-14(9)22)8-2-4-10-12(6-8)17(25)27-15(10)23/h1-6,13H. The zero-order chi connectivity index (χ0) is 19.5. The maximum Gasteiger partial charge on any atom is 0.399 e. The molecule has 6 nitrogen and oxygen atoms in total. The van der Waals surface area contributed by atoms with Gasteiger partial charge in [-0.25, -0.2) is 19.2 Å². The van der Waals surface area contributed by atoms with Crippen molar-refractivity contribution in [3.8, 4) is 0 Å². The Morgan fingerprint density at radius 1 is 0.630 bits per heavy atom. The molecule has 0 fully saturated rings. The molecule has 2 heterocycles. The molecule has 136 valence electrons. The summed E-state index contributed by atoms with van der Waals surface area (Å²) in [5.41, 5.74) is -1.39. The van der Waals surface area contributed by atoms with Crippen LogP contribution in [0, 0.1) is 0 Å². The van der Waals surface area contributed by atoms with Crippen LogP contribution in [0.4, 0.5) is 13.2 Å². The molecule has 0 bridgehead atoms. The molecule has 2 aromatic rings. The van der Waals surface area contributed by atoms with Gasteiger partial charge < -0.3 is 9.47 Å². The van der Waals surface area contributed by atoms with Gasteiger partial charge in [0.1, 0.15) is 5.92 Å². The first-order valence-electron chi connectivity index (χ1n) is 7.54. The lowest BCUT2D eigenvalue weighted by Gasteiger charge is -2.22. The van der Waals surface area contributed by atoms with Gasteiger partial charge in [0.2, 0.25) is 0 Å². The van der Waals surface area contributed by atoms with Crippen molar-refractivity contribution in [2.45, 2.75) is 12.1 Å². The number of carbonyl (C=O) groups is 4. The summed E-state index contributed by atoms with van der Waals surface area (Å²) >= 11 is 0. The number of cyclic esters (lactones) is 4. The van der Waals surface area contributed by atoms with E-state index in [1.807, 2.05) is 0 Å². The Bertz CT molecular complexity index is 976. The molecular formula is C18H7F3O6. The van der Waals surface area contributed by atoms with Crippen LogP contribution in [0.15, 0.2) is 36.4 Å². The zero-order valence-electron chi connectivity index (χ0n) is 13.1. The summed E-state index contributed by atoms with van der Waals surface area (Å²) in [6, 6.07) is 6.18. The highest BCUT2D eigenvalue weighted by atomic mass is 19.4. The average Bonchev–Trinajstić information content (AvgIpc) is 3.03. The Hall–Kier alpha value is -3.49. The minimum absolute atomic E-state index is 0.118. The Balaban J connectivity index is 1.86. The number of halogens is 3. The third-order valence-electron chi connectivity index (χ3n) is 4.33. The third-order valence-corrected chi connectivity index (χ3v) is 4.33. The molecule has 0 saturated carbocycles. The molecular weight excluding hydrogens is 369 g/mol. The molecule has 4 rings (SSSR count). The summed E-state index contributed by atoms with van der Waals surface area (Å²) in [7, 11) is 0. The molecule has 0 spiro atoms. The van der Waals surface area contributed by atoms with E-state index in [4.69, 9.17) is 0 Å². The molecule has 0 aliphatic carbocycles. The summed E-state index contributed by atoms with van der Waals surface area (Å²) in [6.45, 7) is 0. The summed E-state index contributed by atoms with van der Waals surface area (Å²) in [4.78, 5) is 46.2. The number of alkyl halides is 3. The van der Waals surface area contributed by atoms with Gasteiger partial charge in [-0.05, 0) is 35.4 Å². The van der Waals surface area contributed by atoms with Gasteiger partial charge in [0.25, 0.3) is 0 Å². The highest BCUT2D eigenvalue weighted by molar-refractivity contribution is 6.15. The molecule has 0 N–H and O–H groups in total. The molecule has 0 saturated heterocycles. The Kier molecular flexibility index (Phi) is 3.45. The van der Waals surface area contributed by atoms with Gasteiger partial charge in [-0.3, -0.25) is 0 Å². The summed E-state index contributed by atoms with van der Waals surface area (Å²) < 4.78 is 50.1. The molecule has 2 aliphatic rings. The van der Waals surface area contributed by atoms with Crippen molar-refractivity contribution in [1.29, 1.82) is 0 Å². The fraction of sp³-hybridized carbons (Fsp3) is 0.111. The third kappa shape index (κ3) is 2.59. The van der Waals surface area contributed by atoms with Gasteiger partial charge in [-0.15, -0.1) is 0 Å². The predicted octanol–water partition coefficient (Wildman–Crippen LogP) is 3.00. The van der Waals surface area contributed by atoms with E-state index in [1.54, 1.807) is 0 Å². The number of benzene rings is 2. The van der Waals surface area contributed by atoms with Gasteiger partial charge >= 0.3 is 30.1 Å². The monoisotopic (exact) mass is 376 g/mol. The molecule has 2 aliphatic heterocycles. The van der Waals surface area contributed by atoms with Crippen LogP contribution in [0.5, 0.6) is 0 Å². The van der Waals surface area contributed by atoms with E-state index in [-0.39, 0.29) is 33.4 Å². The lowest BCUT2D eigenvalue weighted by atomic mass is 9.87. The van der Waals surface area contributed by atoms with Crippen molar-refractivity contribution in [3.05, 3.63) is 69.8 Å².